The van der Waals surface area contributed by atoms with Gasteiger partial charge in [-0.2, -0.15) is 0 Å². The molecule has 1 aliphatic carbocycles. The summed E-state index contributed by atoms with van der Waals surface area (Å²) >= 11 is 0. The summed E-state index contributed by atoms with van der Waals surface area (Å²) < 4.78 is 0. The maximum atomic E-state index is 13.6. The highest BCUT2D eigenvalue weighted by atomic mass is 16.2. The molecule has 0 spiro atoms. The summed E-state index contributed by atoms with van der Waals surface area (Å²) in [6.07, 6.45) is 11.1. The van der Waals surface area contributed by atoms with Crippen LogP contribution in [0, 0.1) is 29.1 Å². The summed E-state index contributed by atoms with van der Waals surface area (Å²) in [5, 5.41) is 0. The molecule has 0 unspecified atom stereocenters. The van der Waals surface area contributed by atoms with Gasteiger partial charge in [0.25, 0.3) is 0 Å². The van der Waals surface area contributed by atoms with Crippen LogP contribution in [0.4, 0.5) is 0 Å². The average Bonchev–Trinajstić information content (AvgIpc) is 2.59. The van der Waals surface area contributed by atoms with Crippen molar-refractivity contribution in [2.45, 2.75) is 94.4 Å². The first-order chi connectivity index (χ1) is 13.4. The molecule has 2 nitrogen and oxygen atoms in total. The smallest absolute Gasteiger partial charge is 0.147 e. The third-order valence-corrected chi connectivity index (χ3v) is 6.56. The number of Topliss-reactive ketones (excluding diaryl/α,β-unsaturated/α-hetero) is 2. The minimum Gasteiger partial charge on any atom is -0.299 e. The van der Waals surface area contributed by atoms with Crippen LogP contribution in [0.5, 0.6) is 0 Å². The molecule has 1 saturated carbocycles. The normalized spacial score (nSPS) is 26.8. The fourth-order valence-electron chi connectivity index (χ4n) is 4.68. The number of allylic oxidation sites excluding steroid dienone is 6. The minimum absolute atomic E-state index is 0.0373. The average molecular weight is 401 g/mol. The molecule has 164 valence electrons. The summed E-state index contributed by atoms with van der Waals surface area (Å²) in [5.74, 6) is 0.0488. The van der Waals surface area contributed by atoms with Gasteiger partial charge in [-0.1, -0.05) is 55.7 Å². The highest BCUT2D eigenvalue weighted by Crippen LogP contribution is 2.52. The second kappa shape index (κ2) is 11.1. The SMILES string of the molecule is CC(C)=CCC[C@]1(C)[C@H](CC=C(C)C)C[C@@H](CC=C(C)C)C(=O)[C@H]1C(=O)C(C)C. The molecule has 1 fully saturated rings. The fraction of sp³-hybridized carbons (Fsp3) is 0.704. The van der Waals surface area contributed by atoms with E-state index >= 15 is 0 Å². The van der Waals surface area contributed by atoms with E-state index in [1.54, 1.807) is 0 Å². The van der Waals surface area contributed by atoms with Gasteiger partial charge in [-0.25, -0.2) is 0 Å². The van der Waals surface area contributed by atoms with Crippen molar-refractivity contribution in [3.63, 3.8) is 0 Å². The number of rotatable bonds is 9. The Hall–Kier alpha value is -1.44. The molecule has 4 atom stereocenters. The minimum atomic E-state index is -0.479. The molecule has 0 N–H and O–H groups in total. The summed E-state index contributed by atoms with van der Waals surface area (Å²) in [7, 11) is 0. The Morgan fingerprint density at radius 3 is 1.97 bits per heavy atom. The van der Waals surface area contributed by atoms with E-state index in [1.807, 2.05) is 13.8 Å². The lowest BCUT2D eigenvalue weighted by atomic mass is 9.53. The Kier molecular flexibility index (Phi) is 9.79. The number of hydrogen-bond donors (Lipinski definition) is 0. The number of carbonyl (C=O) groups is 2. The first-order valence-electron chi connectivity index (χ1n) is 11.4. The Labute approximate surface area is 179 Å². The van der Waals surface area contributed by atoms with E-state index in [4.69, 9.17) is 0 Å². The summed E-state index contributed by atoms with van der Waals surface area (Å²) in [6.45, 7) is 18.7. The van der Waals surface area contributed by atoms with Gasteiger partial charge in [-0.15, -0.1) is 0 Å². The molecular formula is C27H44O2. The Balaban J connectivity index is 3.41. The van der Waals surface area contributed by atoms with Crippen LogP contribution in [0.25, 0.3) is 0 Å². The van der Waals surface area contributed by atoms with Gasteiger partial charge in [0.1, 0.15) is 11.6 Å². The lowest BCUT2D eigenvalue weighted by Gasteiger charge is -2.49. The van der Waals surface area contributed by atoms with Gasteiger partial charge < -0.3 is 0 Å². The molecule has 0 bridgehead atoms. The summed E-state index contributed by atoms with van der Waals surface area (Å²) in [4.78, 5) is 26.9. The zero-order valence-corrected chi connectivity index (χ0v) is 20.4. The second-order valence-corrected chi connectivity index (χ2v) is 10.4. The molecule has 0 aromatic rings. The molecule has 1 rings (SSSR count). The zero-order chi connectivity index (χ0) is 22.4. The van der Waals surface area contributed by atoms with E-state index in [0.717, 1.165) is 32.1 Å². The highest BCUT2D eigenvalue weighted by molar-refractivity contribution is 6.05. The Morgan fingerprint density at radius 1 is 0.966 bits per heavy atom. The van der Waals surface area contributed by atoms with Crippen LogP contribution in [0.1, 0.15) is 94.4 Å². The number of hydrogen-bond acceptors (Lipinski definition) is 2. The fourth-order valence-corrected chi connectivity index (χ4v) is 4.68. The lowest BCUT2D eigenvalue weighted by Crippen LogP contribution is -2.52. The molecule has 0 radical (unpaired) electrons. The van der Waals surface area contributed by atoms with Crippen LogP contribution in [0.3, 0.4) is 0 Å². The third-order valence-electron chi connectivity index (χ3n) is 6.56. The largest absolute Gasteiger partial charge is 0.299 e. The van der Waals surface area contributed by atoms with Crippen LogP contribution in [-0.4, -0.2) is 11.6 Å². The van der Waals surface area contributed by atoms with Gasteiger partial charge in [-0.3, -0.25) is 9.59 Å². The number of ketones is 2. The van der Waals surface area contributed by atoms with Crippen molar-refractivity contribution in [2.24, 2.45) is 29.1 Å². The highest BCUT2D eigenvalue weighted by Gasteiger charge is 2.53. The maximum Gasteiger partial charge on any atom is 0.147 e. The van der Waals surface area contributed by atoms with Crippen LogP contribution < -0.4 is 0 Å². The van der Waals surface area contributed by atoms with E-state index in [1.165, 1.54) is 16.7 Å². The van der Waals surface area contributed by atoms with Crippen LogP contribution in [-0.2, 0) is 9.59 Å². The van der Waals surface area contributed by atoms with E-state index in [9.17, 15) is 9.59 Å². The van der Waals surface area contributed by atoms with Crippen molar-refractivity contribution < 1.29 is 9.59 Å². The van der Waals surface area contributed by atoms with Crippen molar-refractivity contribution in [2.75, 3.05) is 0 Å². The van der Waals surface area contributed by atoms with Gasteiger partial charge in [0.2, 0.25) is 0 Å². The predicted octanol–water partition coefficient (Wildman–Crippen LogP) is 7.50. The van der Waals surface area contributed by atoms with Gasteiger partial charge in [0, 0.05) is 11.8 Å². The lowest BCUT2D eigenvalue weighted by molar-refractivity contribution is -0.150. The Morgan fingerprint density at radius 2 is 1.48 bits per heavy atom. The van der Waals surface area contributed by atoms with Crippen LogP contribution in [0.2, 0.25) is 0 Å². The van der Waals surface area contributed by atoms with Crippen molar-refractivity contribution in [1.29, 1.82) is 0 Å². The monoisotopic (exact) mass is 400 g/mol. The summed E-state index contributed by atoms with van der Waals surface area (Å²) in [5.41, 5.74) is 3.56. The maximum absolute atomic E-state index is 13.6. The standard InChI is InChI=1S/C27H44O2/c1-18(2)11-10-16-27(9)23(15-13-20(5)6)17-22(14-12-19(3)4)26(29)24(27)25(28)21(7)8/h11-13,21-24H,10,14-17H2,1-9H3/t22-,23-,24-,27-/m1/s1. The van der Waals surface area contributed by atoms with Crippen molar-refractivity contribution in [3.8, 4) is 0 Å². The summed E-state index contributed by atoms with van der Waals surface area (Å²) in [6, 6.07) is 0. The van der Waals surface area contributed by atoms with E-state index < -0.39 is 5.92 Å². The molecule has 0 aromatic carbocycles. The van der Waals surface area contributed by atoms with Gasteiger partial charge in [0.05, 0.1) is 5.92 Å². The Bertz CT molecular complexity index is 665. The quantitative estimate of drug-likeness (QED) is 0.296. The first-order valence-corrected chi connectivity index (χ1v) is 11.4. The van der Waals surface area contributed by atoms with Crippen LogP contribution in [0.15, 0.2) is 34.9 Å². The third kappa shape index (κ3) is 7.08. The van der Waals surface area contributed by atoms with Crippen molar-refractivity contribution >= 4 is 11.6 Å². The van der Waals surface area contributed by atoms with Crippen molar-refractivity contribution in [1.82, 2.24) is 0 Å². The molecule has 0 amide bonds. The van der Waals surface area contributed by atoms with E-state index in [-0.39, 0.29) is 28.8 Å². The van der Waals surface area contributed by atoms with Gasteiger partial charge in [-0.05, 0) is 85.0 Å². The second-order valence-electron chi connectivity index (χ2n) is 10.4. The molecule has 0 saturated heterocycles. The number of carbonyl (C=O) groups excluding carboxylic acids is 2. The van der Waals surface area contributed by atoms with Crippen molar-refractivity contribution in [3.05, 3.63) is 34.9 Å². The van der Waals surface area contributed by atoms with Gasteiger partial charge in [0.15, 0.2) is 0 Å². The predicted molar refractivity (Wildman–Crippen MR) is 125 cm³/mol. The van der Waals surface area contributed by atoms with E-state index in [2.05, 4.69) is 66.7 Å². The molecule has 1 aliphatic rings. The zero-order valence-electron chi connectivity index (χ0n) is 20.4. The molecule has 0 heterocycles. The van der Waals surface area contributed by atoms with Gasteiger partial charge >= 0.3 is 0 Å². The molecule has 29 heavy (non-hydrogen) atoms. The van der Waals surface area contributed by atoms with Crippen LogP contribution >= 0.6 is 0 Å². The first kappa shape index (κ1) is 25.6. The topological polar surface area (TPSA) is 34.1 Å². The molecule has 2 heteroatoms. The molecule has 0 aromatic heterocycles. The molecular weight excluding hydrogens is 356 g/mol. The van der Waals surface area contributed by atoms with E-state index in [0.29, 0.717) is 5.92 Å². The molecule has 0 aliphatic heterocycles.